The summed E-state index contributed by atoms with van der Waals surface area (Å²) >= 11 is 0. The number of nitrogens with one attached hydrogen (secondary N) is 1. The highest BCUT2D eigenvalue weighted by atomic mass is 32.2. The van der Waals surface area contributed by atoms with Gasteiger partial charge in [0.25, 0.3) is 0 Å². The molecule has 0 saturated heterocycles. The first-order chi connectivity index (χ1) is 12.2. The molecule has 0 heterocycles. The Labute approximate surface area is 152 Å². The van der Waals surface area contributed by atoms with Gasteiger partial charge in [-0.3, -0.25) is 9.59 Å². The summed E-state index contributed by atoms with van der Waals surface area (Å²) in [6, 6.07) is 13.0. The molecule has 0 aromatic heterocycles. The fourth-order valence-corrected chi connectivity index (χ4v) is 2.93. The van der Waals surface area contributed by atoms with E-state index in [4.69, 9.17) is 5.14 Å². The van der Waals surface area contributed by atoms with Crippen LogP contribution in [0.3, 0.4) is 0 Å². The summed E-state index contributed by atoms with van der Waals surface area (Å²) in [5.41, 5.74) is 1.49. The van der Waals surface area contributed by atoms with Gasteiger partial charge in [-0.2, -0.15) is 0 Å². The van der Waals surface area contributed by atoms with Crippen molar-refractivity contribution in [3.63, 3.8) is 0 Å². The number of primary sulfonamides is 1. The summed E-state index contributed by atoms with van der Waals surface area (Å²) in [5.74, 6) is -0.518. The van der Waals surface area contributed by atoms with E-state index in [-0.39, 0.29) is 29.4 Å². The Morgan fingerprint density at radius 2 is 1.69 bits per heavy atom. The summed E-state index contributed by atoms with van der Waals surface area (Å²) in [6.45, 7) is 0. The van der Waals surface area contributed by atoms with Crippen LogP contribution in [0.15, 0.2) is 53.4 Å². The highest BCUT2D eigenvalue weighted by Crippen LogP contribution is 2.27. The van der Waals surface area contributed by atoms with Crippen molar-refractivity contribution in [3.05, 3.63) is 54.1 Å². The molecule has 3 N–H and O–H groups in total. The molecule has 0 aliphatic heterocycles. The van der Waals surface area contributed by atoms with Gasteiger partial charge in [0.2, 0.25) is 15.9 Å². The molecule has 2 aromatic rings. The van der Waals surface area contributed by atoms with Gasteiger partial charge in [-0.25, -0.2) is 13.6 Å². The van der Waals surface area contributed by atoms with Crippen LogP contribution in [0.5, 0.6) is 0 Å². The quantitative estimate of drug-likeness (QED) is 0.719. The second kappa shape index (κ2) is 8.11. The number of hydrogen-bond acceptors (Lipinski definition) is 5. The second-order valence-electron chi connectivity index (χ2n) is 5.96. The van der Waals surface area contributed by atoms with E-state index in [2.05, 4.69) is 5.32 Å². The Morgan fingerprint density at radius 3 is 2.27 bits per heavy atom. The van der Waals surface area contributed by atoms with Crippen LogP contribution in [-0.2, 0) is 14.8 Å². The summed E-state index contributed by atoms with van der Waals surface area (Å²) in [6.07, 6.45) is 0.0439. The van der Waals surface area contributed by atoms with Gasteiger partial charge in [0.05, 0.1) is 16.3 Å². The number of nitrogens with zero attached hydrogens (tertiary/aromatic N) is 1. The van der Waals surface area contributed by atoms with Gasteiger partial charge in [0.15, 0.2) is 5.78 Å². The van der Waals surface area contributed by atoms with Crippen LogP contribution in [0.4, 0.5) is 11.4 Å². The first-order valence-electron chi connectivity index (χ1n) is 7.91. The van der Waals surface area contributed by atoms with E-state index in [9.17, 15) is 18.0 Å². The SMILES string of the molecule is CN(C)c1ccc(S(N)(=O)=O)cc1NC(=O)CCC(=O)c1ccccc1. The van der Waals surface area contributed by atoms with Gasteiger partial charge in [-0.15, -0.1) is 0 Å². The molecular formula is C18H21N3O4S. The molecule has 0 spiro atoms. The Balaban J connectivity index is 2.11. The number of sulfonamides is 1. The van der Waals surface area contributed by atoms with E-state index in [0.717, 1.165) is 0 Å². The van der Waals surface area contributed by atoms with Crippen LogP contribution >= 0.6 is 0 Å². The number of carbonyl (C=O) groups excluding carboxylic acids is 2. The Hall–Kier alpha value is -2.71. The monoisotopic (exact) mass is 375 g/mol. The van der Waals surface area contributed by atoms with E-state index in [0.29, 0.717) is 16.9 Å². The minimum absolute atomic E-state index is 0.0137. The maximum Gasteiger partial charge on any atom is 0.238 e. The maximum atomic E-state index is 12.2. The molecule has 2 rings (SSSR count). The van der Waals surface area contributed by atoms with Crippen molar-refractivity contribution in [2.75, 3.05) is 24.3 Å². The van der Waals surface area contributed by atoms with Crippen molar-refractivity contribution < 1.29 is 18.0 Å². The molecule has 0 saturated carbocycles. The summed E-state index contributed by atoms with van der Waals surface area (Å²) in [4.78, 5) is 25.9. The van der Waals surface area contributed by atoms with Gasteiger partial charge in [-0.05, 0) is 18.2 Å². The average Bonchev–Trinajstić information content (AvgIpc) is 2.59. The molecule has 8 heteroatoms. The predicted octanol–water partition coefficient (Wildman–Crippen LogP) is 2.00. The number of benzene rings is 2. The molecule has 0 unspecified atom stereocenters. The van der Waals surface area contributed by atoms with Crippen LogP contribution in [0.1, 0.15) is 23.2 Å². The number of Topliss-reactive ketones (excluding diaryl/α,β-unsaturated/α-hetero) is 1. The smallest absolute Gasteiger partial charge is 0.238 e. The van der Waals surface area contributed by atoms with E-state index in [1.807, 2.05) is 6.07 Å². The standard InChI is InChI=1S/C18H21N3O4S/c1-21(2)16-9-8-14(26(19,24)25)12-15(16)20-18(23)11-10-17(22)13-6-4-3-5-7-13/h3-9,12H,10-11H2,1-2H3,(H,20,23)(H2,19,24,25). The zero-order valence-electron chi connectivity index (χ0n) is 14.6. The highest BCUT2D eigenvalue weighted by molar-refractivity contribution is 7.89. The fraction of sp³-hybridized carbons (Fsp3) is 0.222. The van der Waals surface area contributed by atoms with Crippen LogP contribution in [0.25, 0.3) is 0 Å². The predicted molar refractivity (Wildman–Crippen MR) is 101 cm³/mol. The number of amides is 1. The van der Waals surface area contributed by atoms with Gasteiger partial charge in [-0.1, -0.05) is 30.3 Å². The number of rotatable bonds is 7. The third kappa shape index (κ3) is 5.14. The minimum Gasteiger partial charge on any atom is -0.376 e. The molecule has 26 heavy (non-hydrogen) atoms. The normalized spacial score (nSPS) is 11.0. The molecule has 2 aromatic carbocycles. The van der Waals surface area contributed by atoms with E-state index >= 15 is 0 Å². The minimum atomic E-state index is -3.89. The zero-order valence-corrected chi connectivity index (χ0v) is 15.4. The van der Waals surface area contributed by atoms with Crippen molar-refractivity contribution in [3.8, 4) is 0 Å². The Morgan fingerprint density at radius 1 is 1.04 bits per heavy atom. The van der Waals surface area contributed by atoms with E-state index < -0.39 is 10.0 Å². The van der Waals surface area contributed by atoms with Crippen LogP contribution in [0, 0.1) is 0 Å². The topological polar surface area (TPSA) is 110 Å². The summed E-state index contributed by atoms with van der Waals surface area (Å²) < 4.78 is 23.1. The van der Waals surface area contributed by atoms with E-state index in [1.54, 1.807) is 49.3 Å². The van der Waals surface area contributed by atoms with Gasteiger partial charge in [0.1, 0.15) is 0 Å². The lowest BCUT2D eigenvalue weighted by Crippen LogP contribution is -2.19. The fourth-order valence-electron chi connectivity index (χ4n) is 2.39. The molecule has 0 bridgehead atoms. The van der Waals surface area contributed by atoms with Crippen molar-refractivity contribution in [2.45, 2.75) is 17.7 Å². The Bertz CT molecular complexity index is 909. The molecule has 138 valence electrons. The molecule has 0 atom stereocenters. The summed E-state index contributed by atoms with van der Waals surface area (Å²) in [7, 11) is -0.360. The first kappa shape index (κ1) is 19.6. The first-order valence-corrected chi connectivity index (χ1v) is 9.45. The van der Waals surface area contributed by atoms with Gasteiger partial charge < -0.3 is 10.2 Å². The van der Waals surface area contributed by atoms with E-state index in [1.165, 1.54) is 12.1 Å². The van der Waals surface area contributed by atoms with Crippen LogP contribution in [0.2, 0.25) is 0 Å². The molecule has 0 aliphatic carbocycles. The molecule has 1 amide bonds. The number of carbonyl (C=O) groups is 2. The third-order valence-corrected chi connectivity index (χ3v) is 4.64. The number of nitrogens with two attached hydrogens (primary N) is 1. The zero-order chi connectivity index (χ0) is 19.3. The highest BCUT2D eigenvalue weighted by Gasteiger charge is 2.15. The lowest BCUT2D eigenvalue weighted by Gasteiger charge is -2.18. The third-order valence-electron chi connectivity index (χ3n) is 3.73. The van der Waals surface area contributed by atoms with Crippen molar-refractivity contribution in [1.82, 2.24) is 0 Å². The van der Waals surface area contributed by atoms with Crippen LogP contribution < -0.4 is 15.4 Å². The molecule has 0 radical (unpaired) electrons. The van der Waals surface area contributed by atoms with Crippen molar-refractivity contribution >= 4 is 33.1 Å². The second-order valence-corrected chi connectivity index (χ2v) is 7.52. The maximum absolute atomic E-state index is 12.2. The average molecular weight is 375 g/mol. The molecule has 7 nitrogen and oxygen atoms in total. The number of hydrogen-bond donors (Lipinski definition) is 2. The summed E-state index contributed by atoms with van der Waals surface area (Å²) in [5, 5.41) is 7.81. The van der Waals surface area contributed by atoms with Crippen molar-refractivity contribution in [2.24, 2.45) is 5.14 Å². The Kier molecular flexibility index (Phi) is 6.12. The molecular weight excluding hydrogens is 354 g/mol. The molecule has 0 aliphatic rings. The number of anilines is 2. The lowest BCUT2D eigenvalue weighted by molar-refractivity contribution is -0.116. The van der Waals surface area contributed by atoms with Crippen molar-refractivity contribution in [1.29, 1.82) is 0 Å². The number of ketones is 1. The lowest BCUT2D eigenvalue weighted by atomic mass is 10.1. The largest absolute Gasteiger partial charge is 0.376 e. The van der Waals surface area contributed by atoms with Gasteiger partial charge in [0, 0.05) is 32.5 Å². The van der Waals surface area contributed by atoms with Crippen LogP contribution in [-0.4, -0.2) is 34.2 Å². The molecule has 0 fully saturated rings. The van der Waals surface area contributed by atoms with Gasteiger partial charge >= 0.3 is 0 Å².